The summed E-state index contributed by atoms with van der Waals surface area (Å²) < 4.78 is 1.81. The molecular weight excluding hydrogens is 338 g/mol. The van der Waals surface area contributed by atoms with Crippen LogP contribution in [0.5, 0.6) is 0 Å². The van der Waals surface area contributed by atoms with Crippen molar-refractivity contribution in [3.63, 3.8) is 0 Å². The highest BCUT2D eigenvalue weighted by Crippen LogP contribution is 2.19. The van der Waals surface area contributed by atoms with Gasteiger partial charge in [0.15, 0.2) is 0 Å². The van der Waals surface area contributed by atoms with Crippen molar-refractivity contribution < 1.29 is 4.79 Å². The number of aryl methyl sites for hydroxylation is 2. The predicted molar refractivity (Wildman–Crippen MR) is 109 cm³/mol. The normalized spacial score (nSPS) is 17.0. The lowest BCUT2D eigenvalue weighted by Crippen LogP contribution is -2.53. The molecule has 1 N–H and O–H groups in total. The van der Waals surface area contributed by atoms with Gasteiger partial charge in [-0.2, -0.15) is 5.10 Å². The number of anilines is 1. The molecule has 3 rings (SSSR count). The Hall–Kier alpha value is -2.18. The number of benzene rings is 1. The minimum atomic E-state index is -0.139. The number of aromatic nitrogens is 2. The highest BCUT2D eigenvalue weighted by atomic mass is 16.2. The molecule has 1 aromatic heterocycles. The van der Waals surface area contributed by atoms with Gasteiger partial charge in [-0.05, 0) is 32.8 Å². The molecule has 0 aliphatic carbocycles. The Morgan fingerprint density at radius 1 is 1.15 bits per heavy atom. The molecule has 6 nitrogen and oxygen atoms in total. The van der Waals surface area contributed by atoms with E-state index in [1.54, 1.807) is 4.68 Å². The smallest absolute Gasteiger partial charge is 0.241 e. The highest BCUT2D eigenvalue weighted by Gasteiger charge is 2.26. The first kappa shape index (κ1) is 19.6. The van der Waals surface area contributed by atoms with Gasteiger partial charge < -0.3 is 10.2 Å². The highest BCUT2D eigenvalue weighted by molar-refractivity contribution is 5.95. The first-order valence-corrected chi connectivity index (χ1v) is 9.77. The zero-order valence-corrected chi connectivity index (χ0v) is 16.9. The number of rotatable bonds is 6. The van der Waals surface area contributed by atoms with E-state index in [4.69, 9.17) is 0 Å². The van der Waals surface area contributed by atoms with Gasteiger partial charge in [0.2, 0.25) is 5.91 Å². The first-order valence-electron chi connectivity index (χ1n) is 9.77. The summed E-state index contributed by atoms with van der Waals surface area (Å²) in [7, 11) is 1.90. The molecule has 2 aromatic rings. The van der Waals surface area contributed by atoms with Crippen LogP contribution in [-0.2, 0) is 18.3 Å². The van der Waals surface area contributed by atoms with Crippen molar-refractivity contribution in [3.8, 4) is 0 Å². The molecule has 1 aromatic carbocycles. The van der Waals surface area contributed by atoms with Crippen LogP contribution in [0, 0.1) is 13.8 Å². The van der Waals surface area contributed by atoms with E-state index in [1.165, 1.54) is 5.56 Å². The van der Waals surface area contributed by atoms with E-state index in [-0.39, 0.29) is 11.9 Å². The molecule has 0 radical (unpaired) electrons. The molecule has 1 aliphatic heterocycles. The summed E-state index contributed by atoms with van der Waals surface area (Å²) in [5.41, 5.74) is 4.07. The Kier molecular flexibility index (Phi) is 6.29. The number of hydrogen-bond donors (Lipinski definition) is 1. The molecule has 1 aliphatic rings. The maximum atomic E-state index is 12.7. The van der Waals surface area contributed by atoms with E-state index in [0.717, 1.165) is 56.2 Å². The molecule has 0 bridgehead atoms. The lowest BCUT2D eigenvalue weighted by Gasteiger charge is -2.37. The number of carbonyl (C=O) groups is 1. The van der Waals surface area contributed by atoms with E-state index in [9.17, 15) is 4.79 Å². The van der Waals surface area contributed by atoms with Crippen LogP contribution in [0.4, 0.5) is 5.69 Å². The fourth-order valence-corrected chi connectivity index (χ4v) is 3.65. The van der Waals surface area contributed by atoms with E-state index in [2.05, 4.69) is 50.5 Å². The number of piperazine rings is 1. The van der Waals surface area contributed by atoms with Crippen LogP contribution in [0.15, 0.2) is 30.3 Å². The van der Waals surface area contributed by atoms with Crippen molar-refractivity contribution in [1.82, 2.24) is 19.6 Å². The average molecular weight is 370 g/mol. The van der Waals surface area contributed by atoms with Crippen molar-refractivity contribution in [3.05, 3.63) is 47.3 Å². The summed E-state index contributed by atoms with van der Waals surface area (Å²) >= 11 is 0. The number of carbonyl (C=O) groups excluding carboxylic acids is 1. The third-order valence-electron chi connectivity index (χ3n) is 5.65. The number of amides is 1. The maximum absolute atomic E-state index is 12.7. The molecule has 1 saturated heterocycles. The Bertz CT molecular complexity index is 762. The molecule has 1 amide bonds. The molecule has 1 unspecified atom stereocenters. The van der Waals surface area contributed by atoms with Crippen LogP contribution in [0.1, 0.15) is 23.9 Å². The topological polar surface area (TPSA) is 53.4 Å². The molecule has 1 atom stereocenters. The SMILES string of the molecule is Cc1nn(C)c(C)c1NC(=O)C(C)N1CCN(CCc2ccccc2)CC1. The summed E-state index contributed by atoms with van der Waals surface area (Å²) in [5.74, 6) is 0.0481. The second-order valence-corrected chi connectivity index (χ2v) is 7.45. The van der Waals surface area contributed by atoms with E-state index in [0.29, 0.717) is 0 Å². The quantitative estimate of drug-likeness (QED) is 0.848. The second-order valence-electron chi connectivity index (χ2n) is 7.45. The van der Waals surface area contributed by atoms with E-state index < -0.39 is 0 Å². The van der Waals surface area contributed by atoms with Crippen LogP contribution in [0.25, 0.3) is 0 Å². The zero-order chi connectivity index (χ0) is 19.4. The zero-order valence-electron chi connectivity index (χ0n) is 16.9. The van der Waals surface area contributed by atoms with Crippen molar-refractivity contribution in [1.29, 1.82) is 0 Å². The molecule has 0 spiro atoms. The third-order valence-corrected chi connectivity index (χ3v) is 5.65. The van der Waals surface area contributed by atoms with Gasteiger partial charge in [-0.3, -0.25) is 14.4 Å². The van der Waals surface area contributed by atoms with Crippen LogP contribution in [-0.4, -0.2) is 64.3 Å². The molecule has 27 heavy (non-hydrogen) atoms. The summed E-state index contributed by atoms with van der Waals surface area (Å²) in [5, 5.41) is 7.45. The lowest BCUT2D eigenvalue weighted by atomic mass is 10.1. The lowest BCUT2D eigenvalue weighted by molar-refractivity contribution is -0.121. The third kappa shape index (κ3) is 4.76. The van der Waals surface area contributed by atoms with Gasteiger partial charge in [-0.1, -0.05) is 30.3 Å². The first-order chi connectivity index (χ1) is 13.0. The van der Waals surface area contributed by atoms with Crippen LogP contribution < -0.4 is 5.32 Å². The van der Waals surface area contributed by atoms with Gasteiger partial charge >= 0.3 is 0 Å². The monoisotopic (exact) mass is 369 g/mol. The number of nitrogens with zero attached hydrogens (tertiary/aromatic N) is 4. The molecule has 0 saturated carbocycles. The number of nitrogens with one attached hydrogen (secondary N) is 1. The van der Waals surface area contributed by atoms with Crippen molar-refractivity contribution in [2.75, 3.05) is 38.0 Å². The molecular formula is C21H31N5O. The van der Waals surface area contributed by atoms with Crippen LogP contribution >= 0.6 is 0 Å². The summed E-state index contributed by atoms with van der Waals surface area (Å²) in [4.78, 5) is 17.5. The van der Waals surface area contributed by atoms with Gasteiger partial charge in [-0.15, -0.1) is 0 Å². The minimum absolute atomic E-state index is 0.0481. The Labute approximate surface area is 162 Å². The van der Waals surface area contributed by atoms with Gasteiger partial charge in [0.1, 0.15) is 0 Å². The standard InChI is InChI=1S/C21H31N5O/c1-16-20(17(2)24(4)23-16)22-21(27)18(3)26-14-12-25(13-15-26)11-10-19-8-6-5-7-9-19/h5-9,18H,10-15H2,1-4H3,(H,22,27). The molecule has 6 heteroatoms. The van der Waals surface area contributed by atoms with Crippen molar-refractivity contribution in [2.24, 2.45) is 7.05 Å². The Balaban J connectivity index is 1.47. The summed E-state index contributed by atoms with van der Waals surface area (Å²) in [6.07, 6.45) is 1.08. The van der Waals surface area contributed by atoms with Crippen molar-refractivity contribution in [2.45, 2.75) is 33.2 Å². The second kappa shape index (κ2) is 8.67. The van der Waals surface area contributed by atoms with Gasteiger partial charge in [0.25, 0.3) is 0 Å². The van der Waals surface area contributed by atoms with Crippen molar-refractivity contribution >= 4 is 11.6 Å². The van der Waals surface area contributed by atoms with Gasteiger partial charge in [0.05, 0.1) is 23.1 Å². The van der Waals surface area contributed by atoms with E-state index in [1.807, 2.05) is 27.8 Å². The predicted octanol–water partition coefficient (Wildman–Crippen LogP) is 2.22. The fraction of sp³-hybridized carbons (Fsp3) is 0.524. The van der Waals surface area contributed by atoms with Gasteiger partial charge in [-0.25, -0.2) is 0 Å². The summed E-state index contributed by atoms with van der Waals surface area (Å²) in [6, 6.07) is 10.5. The molecule has 146 valence electrons. The largest absolute Gasteiger partial charge is 0.322 e. The molecule has 1 fully saturated rings. The van der Waals surface area contributed by atoms with Crippen LogP contribution in [0.3, 0.4) is 0 Å². The fourth-order valence-electron chi connectivity index (χ4n) is 3.65. The number of hydrogen-bond acceptors (Lipinski definition) is 4. The molecule has 2 heterocycles. The average Bonchev–Trinajstić information content (AvgIpc) is 2.93. The Morgan fingerprint density at radius 3 is 2.41 bits per heavy atom. The minimum Gasteiger partial charge on any atom is -0.322 e. The summed E-state index contributed by atoms with van der Waals surface area (Å²) in [6.45, 7) is 10.8. The van der Waals surface area contributed by atoms with E-state index >= 15 is 0 Å². The van der Waals surface area contributed by atoms with Gasteiger partial charge in [0, 0.05) is 39.8 Å². The maximum Gasteiger partial charge on any atom is 0.241 e. The Morgan fingerprint density at radius 2 is 1.81 bits per heavy atom. The van der Waals surface area contributed by atoms with Crippen LogP contribution in [0.2, 0.25) is 0 Å².